The Balaban J connectivity index is 2.20. The van der Waals surface area contributed by atoms with Crippen LogP contribution in [-0.2, 0) is 6.42 Å². The van der Waals surface area contributed by atoms with Gasteiger partial charge in [-0.1, -0.05) is 45.7 Å². The highest BCUT2D eigenvalue weighted by Crippen LogP contribution is 2.26. The minimum Gasteiger partial charge on any atom is -0.324 e. The zero-order valence-corrected chi connectivity index (χ0v) is 12.8. The molecular weight excluding hydrogens is 329 g/mol. The molecule has 0 amide bonds. The minimum atomic E-state index is -0.211. The van der Waals surface area contributed by atoms with Gasteiger partial charge in [0.05, 0.1) is 0 Å². The lowest BCUT2D eigenvalue weighted by Gasteiger charge is -2.14. The molecule has 0 spiro atoms. The van der Waals surface area contributed by atoms with Gasteiger partial charge in [-0.25, -0.2) is 4.39 Å². The summed E-state index contributed by atoms with van der Waals surface area (Å²) in [5, 5.41) is 0.684. The summed E-state index contributed by atoms with van der Waals surface area (Å²) in [6.07, 6.45) is 0.622. The molecule has 1 unspecified atom stereocenters. The molecule has 2 rings (SSSR count). The van der Waals surface area contributed by atoms with Crippen molar-refractivity contribution in [1.82, 2.24) is 0 Å². The van der Waals surface area contributed by atoms with Crippen LogP contribution >= 0.6 is 27.5 Å². The summed E-state index contributed by atoms with van der Waals surface area (Å²) in [5.74, 6) is -0.211. The zero-order valence-electron chi connectivity index (χ0n) is 10.5. The van der Waals surface area contributed by atoms with Gasteiger partial charge in [-0.2, -0.15) is 0 Å². The lowest BCUT2D eigenvalue weighted by molar-refractivity contribution is 0.615. The van der Waals surface area contributed by atoms with Crippen molar-refractivity contribution in [3.63, 3.8) is 0 Å². The van der Waals surface area contributed by atoms with Crippen LogP contribution in [0.4, 0.5) is 4.39 Å². The number of benzene rings is 2. The summed E-state index contributed by atoms with van der Waals surface area (Å²) >= 11 is 9.54. The van der Waals surface area contributed by atoms with Gasteiger partial charge < -0.3 is 5.73 Å². The Kier molecular flexibility index (Phi) is 4.61. The summed E-state index contributed by atoms with van der Waals surface area (Å²) < 4.78 is 14.2. The van der Waals surface area contributed by atoms with Crippen LogP contribution < -0.4 is 5.73 Å². The molecule has 0 radical (unpaired) electrons. The highest BCUT2D eigenvalue weighted by Gasteiger charge is 2.11. The Morgan fingerprint density at radius 2 is 2.00 bits per heavy atom. The molecule has 0 fully saturated rings. The van der Waals surface area contributed by atoms with Gasteiger partial charge in [0.1, 0.15) is 5.82 Å². The summed E-state index contributed by atoms with van der Waals surface area (Å²) in [4.78, 5) is 0. The van der Waals surface area contributed by atoms with E-state index in [1.54, 1.807) is 19.1 Å². The number of hydrogen-bond donors (Lipinski definition) is 1. The molecule has 1 nitrogen and oxygen atoms in total. The number of aryl methyl sites for hydroxylation is 1. The SMILES string of the molecule is Cc1cc(C(N)Cc2ccc(Br)cc2Cl)ccc1F. The monoisotopic (exact) mass is 341 g/mol. The van der Waals surface area contributed by atoms with Crippen molar-refractivity contribution in [3.8, 4) is 0 Å². The Bertz CT molecular complexity index is 601. The smallest absolute Gasteiger partial charge is 0.126 e. The van der Waals surface area contributed by atoms with Crippen molar-refractivity contribution in [2.24, 2.45) is 5.73 Å². The molecule has 2 aromatic carbocycles. The standard InChI is InChI=1S/C15H14BrClFN/c1-9-6-11(3-5-14(9)18)15(19)7-10-2-4-12(16)8-13(10)17/h2-6,8,15H,7,19H2,1H3. The first kappa shape index (κ1) is 14.5. The maximum absolute atomic E-state index is 13.2. The lowest BCUT2D eigenvalue weighted by atomic mass is 9.98. The molecule has 2 N–H and O–H groups in total. The predicted molar refractivity (Wildman–Crippen MR) is 80.9 cm³/mol. The van der Waals surface area contributed by atoms with Crippen molar-refractivity contribution in [2.75, 3.05) is 0 Å². The topological polar surface area (TPSA) is 26.0 Å². The average molecular weight is 343 g/mol. The summed E-state index contributed by atoms with van der Waals surface area (Å²) in [5.41, 5.74) is 8.67. The van der Waals surface area contributed by atoms with Crippen LogP contribution in [0.2, 0.25) is 5.02 Å². The van der Waals surface area contributed by atoms with Gasteiger partial charge in [0.25, 0.3) is 0 Å². The van der Waals surface area contributed by atoms with E-state index in [1.807, 2.05) is 18.2 Å². The molecule has 100 valence electrons. The Hall–Kier alpha value is -0.900. The molecular formula is C15H14BrClFN. The molecule has 0 aromatic heterocycles. The van der Waals surface area contributed by atoms with Crippen molar-refractivity contribution in [3.05, 3.63) is 68.4 Å². The maximum Gasteiger partial charge on any atom is 0.126 e. The maximum atomic E-state index is 13.2. The second-order valence-corrected chi connectivity index (χ2v) is 5.88. The van der Waals surface area contributed by atoms with Gasteiger partial charge in [-0.15, -0.1) is 0 Å². The third-order valence-corrected chi connectivity index (χ3v) is 3.91. The van der Waals surface area contributed by atoms with Gasteiger partial charge in [0, 0.05) is 15.5 Å². The van der Waals surface area contributed by atoms with E-state index in [9.17, 15) is 4.39 Å². The second kappa shape index (κ2) is 6.04. The van der Waals surface area contributed by atoms with E-state index >= 15 is 0 Å². The van der Waals surface area contributed by atoms with Gasteiger partial charge >= 0.3 is 0 Å². The number of halogens is 3. The molecule has 0 saturated heterocycles. The van der Waals surface area contributed by atoms with Crippen LogP contribution in [0.25, 0.3) is 0 Å². The fourth-order valence-electron chi connectivity index (χ4n) is 1.94. The van der Waals surface area contributed by atoms with Gasteiger partial charge in [0.2, 0.25) is 0 Å². The van der Waals surface area contributed by atoms with Crippen LogP contribution in [0.3, 0.4) is 0 Å². The van der Waals surface area contributed by atoms with Gasteiger partial charge in [-0.05, 0) is 48.2 Å². The van der Waals surface area contributed by atoms with E-state index in [1.165, 1.54) is 6.07 Å². The molecule has 4 heteroatoms. The number of hydrogen-bond acceptors (Lipinski definition) is 1. The van der Waals surface area contributed by atoms with E-state index in [0.717, 1.165) is 15.6 Å². The normalized spacial score (nSPS) is 12.5. The van der Waals surface area contributed by atoms with E-state index in [4.69, 9.17) is 17.3 Å². The van der Waals surface area contributed by atoms with Crippen molar-refractivity contribution < 1.29 is 4.39 Å². The van der Waals surface area contributed by atoms with Gasteiger partial charge in [0.15, 0.2) is 0 Å². The Morgan fingerprint density at radius 1 is 1.26 bits per heavy atom. The molecule has 1 atom stereocenters. The van der Waals surface area contributed by atoms with Crippen LogP contribution in [0.1, 0.15) is 22.7 Å². The molecule has 2 aromatic rings. The molecule has 0 aliphatic carbocycles. The van der Waals surface area contributed by atoms with Crippen molar-refractivity contribution in [1.29, 1.82) is 0 Å². The zero-order chi connectivity index (χ0) is 14.0. The first-order chi connectivity index (χ1) is 8.97. The number of rotatable bonds is 3. The molecule has 0 heterocycles. The lowest BCUT2D eigenvalue weighted by Crippen LogP contribution is -2.14. The Labute approximate surface area is 125 Å². The van der Waals surface area contributed by atoms with E-state index in [-0.39, 0.29) is 11.9 Å². The largest absolute Gasteiger partial charge is 0.324 e. The van der Waals surface area contributed by atoms with Crippen molar-refractivity contribution >= 4 is 27.5 Å². The summed E-state index contributed by atoms with van der Waals surface area (Å²) in [6.45, 7) is 1.73. The fraction of sp³-hybridized carbons (Fsp3) is 0.200. The molecule has 19 heavy (non-hydrogen) atoms. The first-order valence-electron chi connectivity index (χ1n) is 5.93. The van der Waals surface area contributed by atoms with Crippen LogP contribution in [0, 0.1) is 12.7 Å². The molecule has 0 aliphatic rings. The van der Waals surface area contributed by atoms with E-state index in [0.29, 0.717) is 17.0 Å². The predicted octanol–water partition coefficient (Wildman–Crippen LogP) is 4.79. The Morgan fingerprint density at radius 3 is 2.63 bits per heavy atom. The quantitative estimate of drug-likeness (QED) is 0.852. The average Bonchev–Trinajstić information content (AvgIpc) is 2.36. The third kappa shape index (κ3) is 3.56. The van der Waals surface area contributed by atoms with Crippen molar-refractivity contribution in [2.45, 2.75) is 19.4 Å². The van der Waals surface area contributed by atoms with Crippen LogP contribution in [-0.4, -0.2) is 0 Å². The van der Waals surface area contributed by atoms with Crippen LogP contribution in [0.5, 0.6) is 0 Å². The van der Waals surface area contributed by atoms with Gasteiger partial charge in [-0.3, -0.25) is 0 Å². The van der Waals surface area contributed by atoms with E-state index < -0.39 is 0 Å². The first-order valence-corrected chi connectivity index (χ1v) is 7.10. The molecule has 0 aliphatic heterocycles. The second-order valence-electron chi connectivity index (χ2n) is 4.55. The van der Waals surface area contributed by atoms with Crippen LogP contribution in [0.15, 0.2) is 40.9 Å². The summed E-state index contributed by atoms with van der Waals surface area (Å²) in [6, 6.07) is 10.5. The fourth-order valence-corrected chi connectivity index (χ4v) is 2.69. The third-order valence-electron chi connectivity index (χ3n) is 3.07. The highest BCUT2D eigenvalue weighted by molar-refractivity contribution is 9.10. The minimum absolute atomic E-state index is 0.196. The molecule has 0 saturated carbocycles. The summed E-state index contributed by atoms with van der Waals surface area (Å²) in [7, 11) is 0. The van der Waals surface area contributed by atoms with E-state index in [2.05, 4.69) is 15.9 Å². The number of nitrogens with two attached hydrogens (primary N) is 1. The highest BCUT2D eigenvalue weighted by atomic mass is 79.9. The molecule has 0 bridgehead atoms.